The van der Waals surface area contributed by atoms with Crippen molar-refractivity contribution in [2.75, 3.05) is 0 Å². The van der Waals surface area contributed by atoms with Crippen LogP contribution in [0.25, 0.3) is 0 Å². The number of aliphatic hydroxyl groups excluding tert-OH is 1. The molecule has 1 atom stereocenters. The Balaban J connectivity index is -0.000000208. The minimum atomic E-state index is -4.67. The average molecular weight is 267 g/mol. The maximum absolute atomic E-state index is 9.91. The van der Waals surface area contributed by atoms with E-state index >= 15 is 0 Å². The fraction of sp³-hybridized carbons (Fsp3) is 0.833. The molecule has 0 aromatic carbocycles. The molecule has 0 heterocycles. The Morgan fingerprint density at radius 3 is 1.87 bits per heavy atom. The fourth-order valence-corrected chi connectivity index (χ4v) is 0.494. The van der Waals surface area contributed by atoms with E-state index in [2.05, 4.69) is 0 Å². The van der Waals surface area contributed by atoms with E-state index in [1.54, 1.807) is 0 Å². The molecule has 0 bridgehead atoms. The van der Waals surface area contributed by atoms with Crippen LogP contribution in [-0.2, 0) is 15.2 Å². The third-order valence-corrected chi connectivity index (χ3v) is 1.16. The van der Waals surface area contributed by atoms with E-state index in [0.717, 1.165) is 0 Å². The van der Waals surface area contributed by atoms with Crippen LogP contribution in [0.4, 0.5) is 0 Å². The molecule has 0 aromatic rings. The predicted octanol–water partition coefficient (Wildman–Crippen LogP) is 0.391. The highest BCUT2D eigenvalue weighted by molar-refractivity contribution is 7.79. The number of carbonyl (C=O) groups is 1. The molecule has 0 aromatic heterocycles. The van der Waals surface area contributed by atoms with Gasteiger partial charge in [0.05, 0.1) is 6.10 Å². The van der Waals surface area contributed by atoms with Gasteiger partial charge in [-0.25, -0.2) is 0 Å². The molecule has 0 aliphatic heterocycles. The summed E-state index contributed by atoms with van der Waals surface area (Å²) >= 11 is 0. The van der Waals surface area contributed by atoms with Crippen LogP contribution in [0.3, 0.4) is 0 Å². The number of hydrogen-bond acceptors (Lipinski definition) is 4. The second-order valence-electron chi connectivity index (χ2n) is 2.44. The molecule has 0 aliphatic carbocycles. The van der Waals surface area contributed by atoms with Crippen molar-refractivity contribution in [3.8, 4) is 0 Å². The molecule has 7 nitrogen and oxygen atoms in total. The first kappa shape index (κ1) is 20.1. The van der Waals surface area contributed by atoms with Gasteiger partial charge < -0.3 is 10.2 Å². The quantitative estimate of drug-likeness (QED) is 0.541. The first-order valence-electron chi connectivity index (χ1n) is 3.76. The van der Waals surface area contributed by atoms with Crippen molar-refractivity contribution in [2.45, 2.75) is 32.3 Å². The van der Waals surface area contributed by atoms with Crippen molar-refractivity contribution < 1.29 is 32.5 Å². The van der Waals surface area contributed by atoms with Crippen LogP contribution in [0.2, 0.25) is 0 Å². The molecular formula is C6H15ClO7S. The number of aliphatic hydroxyl groups is 1. The summed E-state index contributed by atoms with van der Waals surface area (Å²) in [6, 6.07) is 0. The van der Waals surface area contributed by atoms with Crippen LogP contribution in [0.15, 0.2) is 0 Å². The van der Waals surface area contributed by atoms with Gasteiger partial charge in [0.15, 0.2) is 0 Å². The number of halogens is 1. The normalized spacial score (nSPS) is 11.7. The Kier molecular flexibility index (Phi) is 13.5. The van der Waals surface area contributed by atoms with Crippen molar-refractivity contribution in [3.63, 3.8) is 0 Å². The first-order chi connectivity index (χ1) is 6.16. The lowest BCUT2D eigenvalue weighted by Gasteiger charge is -2.02. The number of carboxylic acid groups (broad SMARTS) is 1. The van der Waals surface area contributed by atoms with Gasteiger partial charge in [-0.1, -0.05) is 6.92 Å². The van der Waals surface area contributed by atoms with Crippen LogP contribution in [0.5, 0.6) is 0 Å². The molecule has 15 heavy (non-hydrogen) atoms. The molecule has 0 spiro atoms. The third kappa shape index (κ3) is 42.0. The van der Waals surface area contributed by atoms with Gasteiger partial charge in [0.25, 0.3) is 0 Å². The summed E-state index contributed by atoms with van der Waals surface area (Å²) in [6.07, 6.45) is 0.620. The number of aliphatic carboxylic acids is 1. The lowest BCUT2D eigenvalue weighted by Crippen LogP contribution is -2.07. The van der Waals surface area contributed by atoms with Crippen LogP contribution >= 0.6 is 12.4 Å². The van der Waals surface area contributed by atoms with Gasteiger partial charge in [-0.2, -0.15) is 8.42 Å². The Morgan fingerprint density at radius 2 is 1.67 bits per heavy atom. The molecule has 0 rings (SSSR count). The number of rotatable bonds is 4. The lowest BCUT2D eigenvalue weighted by molar-refractivity contribution is -0.137. The van der Waals surface area contributed by atoms with Gasteiger partial charge in [-0.3, -0.25) is 13.9 Å². The Bertz CT molecular complexity index is 242. The van der Waals surface area contributed by atoms with E-state index in [9.17, 15) is 4.79 Å². The zero-order valence-electron chi connectivity index (χ0n) is 8.03. The lowest BCUT2D eigenvalue weighted by atomic mass is 10.1. The zero-order chi connectivity index (χ0) is 11.8. The Morgan fingerprint density at radius 1 is 1.33 bits per heavy atom. The van der Waals surface area contributed by atoms with Gasteiger partial charge in [0.2, 0.25) is 0 Å². The van der Waals surface area contributed by atoms with Crippen LogP contribution in [-0.4, -0.2) is 39.8 Å². The van der Waals surface area contributed by atoms with Crippen LogP contribution in [0.1, 0.15) is 26.2 Å². The summed E-state index contributed by atoms with van der Waals surface area (Å²) in [5.74, 6) is -0.845. The van der Waals surface area contributed by atoms with E-state index in [-0.39, 0.29) is 18.8 Å². The average Bonchev–Trinajstić information content (AvgIpc) is 1.96. The van der Waals surface area contributed by atoms with Crippen molar-refractivity contribution >= 4 is 28.8 Å². The SMILES string of the molecule is CCC(O)CCC(=O)O.Cl.O=S(=O)(O)O. The van der Waals surface area contributed by atoms with Gasteiger partial charge in [-0.15, -0.1) is 12.4 Å². The molecule has 4 N–H and O–H groups in total. The summed E-state index contributed by atoms with van der Waals surface area (Å²) in [5, 5.41) is 17.0. The standard InChI is InChI=1S/C6H12O3.ClH.H2O4S/c1-2-5(7)3-4-6(8)9;;1-5(2,3)4/h5,7H,2-4H2,1H3,(H,8,9);1H;(H2,1,2,3,4). The third-order valence-electron chi connectivity index (χ3n) is 1.16. The summed E-state index contributed by atoms with van der Waals surface area (Å²) < 4.78 is 31.6. The number of hydrogen-bond donors (Lipinski definition) is 4. The van der Waals surface area contributed by atoms with Gasteiger partial charge >= 0.3 is 16.4 Å². The molecule has 0 radical (unpaired) electrons. The monoisotopic (exact) mass is 266 g/mol. The number of carboxylic acids is 1. The summed E-state index contributed by atoms with van der Waals surface area (Å²) in [6.45, 7) is 1.83. The molecule has 1 unspecified atom stereocenters. The molecule has 0 saturated heterocycles. The summed E-state index contributed by atoms with van der Waals surface area (Å²) in [5.41, 5.74) is 0. The molecule has 0 fully saturated rings. The van der Waals surface area contributed by atoms with Crippen molar-refractivity contribution in [1.82, 2.24) is 0 Å². The second kappa shape index (κ2) is 10.1. The van der Waals surface area contributed by atoms with Gasteiger partial charge in [0, 0.05) is 6.42 Å². The largest absolute Gasteiger partial charge is 0.481 e. The molecule has 0 aliphatic rings. The van der Waals surface area contributed by atoms with Crippen molar-refractivity contribution in [2.24, 2.45) is 0 Å². The van der Waals surface area contributed by atoms with E-state index in [4.69, 9.17) is 27.7 Å². The summed E-state index contributed by atoms with van der Waals surface area (Å²) in [7, 11) is -4.67. The van der Waals surface area contributed by atoms with Gasteiger partial charge in [-0.05, 0) is 12.8 Å². The fourth-order valence-electron chi connectivity index (χ4n) is 0.494. The molecule has 94 valence electrons. The van der Waals surface area contributed by atoms with Crippen LogP contribution in [0, 0.1) is 0 Å². The van der Waals surface area contributed by atoms with E-state index < -0.39 is 22.5 Å². The maximum Gasteiger partial charge on any atom is 0.394 e. The van der Waals surface area contributed by atoms with Crippen LogP contribution < -0.4 is 0 Å². The smallest absolute Gasteiger partial charge is 0.394 e. The van der Waals surface area contributed by atoms with Crippen molar-refractivity contribution in [3.05, 3.63) is 0 Å². The van der Waals surface area contributed by atoms with E-state index in [1.165, 1.54) is 0 Å². The Labute approximate surface area is 94.1 Å². The second-order valence-corrected chi connectivity index (χ2v) is 3.34. The topological polar surface area (TPSA) is 132 Å². The highest BCUT2D eigenvalue weighted by atomic mass is 35.5. The van der Waals surface area contributed by atoms with E-state index in [0.29, 0.717) is 12.8 Å². The van der Waals surface area contributed by atoms with E-state index in [1.807, 2.05) is 6.92 Å². The maximum atomic E-state index is 9.91. The first-order valence-corrected chi connectivity index (χ1v) is 5.16. The molecular weight excluding hydrogens is 252 g/mol. The van der Waals surface area contributed by atoms with Gasteiger partial charge in [0.1, 0.15) is 0 Å². The molecule has 0 saturated carbocycles. The minimum absolute atomic E-state index is 0. The highest BCUT2D eigenvalue weighted by Gasteiger charge is 2.02. The van der Waals surface area contributed by atoms with Crippen molar-refractivity contribution in [1.29, 1.82) is 0 Å². The molecule has 0 amide bonds. The summed E-state index contributed by atoms with van der Waals surface area (Å²) in [4.78, 5) is 9.91. The highest BCUT2D eigenvalue weighted by Crippen LogP contribution is 1.99. The molecule has 9 heteroatoms. The predicted molar refractivity (Wildman–Crippen MR) is 54.6 cm³/mol. The Hall–Kier alpha value is -0.410. The minimum Gasteiger partial charge on any atom is -0.481 e. The zero-order valence-corrected chi connectivity index (χ0v) is 9.66.